The maximum Gasteiger partial charge on any atom is 0.227 e. The molecule has 0 aliphatic heterocycles. The lowest BCUT2D eigenvalue weighted by Gasteiger charge is -2.21. The highest BCUT2D eigenvalue weighted by molar-refractivity contribution is 5.95. The van der Waals surface area contributed by atoms with Gasteiger partial charge in [-0.25, -0.2) is 4.98 Å². The molecule has 0 aliphatic rings. The molecule has 7 heteroatoms. The van der Waals surface area contributed by atoms with Crippen molar-refractivity contribution in [1.82, 2.24) is 14.9 Å². The fourth-order valence-corrected chi connectivity index (χ4v) is 3.40. The van der Waals surface area contributed by atoms with Gasteiger partial charge in [0.1, 0.15) is 5.82 Å². The van der Waals surface area contributed by atoms with Crippen molar-refractivity contribution >= 4 is 28.5 Å². The molecule has 0 radical (unpaired) electrons. The number of fused-ring (bicyclic) bond motifs is 1. The number of imidazole rings is 1. The maximum atomic E-state index is 12.6. The van der Waals surface area contributed by atoms with Crippen molar-refractivity contribution in [2.24, 2.45) is 0 Å². The predicted octanol–water partition coefficient (Wildman–Crippen LogP) is 3.19. The van der Waals surface area contributed by atoms with E-state index in [9.17, 15) is 9.59 Å². The monoisotopic (exact) mass is 403 g/mol. The molecule has 7 nitrogen and oxygen atoms in total. The molecule has 3 aromatic rings. The van der Waals surface area contributed by atoms with Crippen LogP contribution in [0.25, 0.3) is 11.0 Å². The number of aryl methyl sites for hydroxylation is 1. The lowest BCUT2D eigenvalue weighted by atomic mass is 10.2. The second-order valence-corrected chi connectivity index (χ2v) is 6.94. The van der Waals surface area contributed by atoms with Gasteiger partial charge in [-0.3, -0.25) is 9.59 Å². The van der Waals surface area contributed by atoms with Crippen LogP contribution in [0.15, 0.2) is 54.6 Å². The van der Waals surface area contributed by atoms with Gasteiger partial charge in [-0.05, 0) is 31.2 Å². The molecule has 0 saturated carbocycles. The molecule has 0 bridgehead atoms. The van der Waals surface area contributed by atoms with Crippen LogP contribution in [-0.4, -0.2) is 34.5 Å². The van der Waals surface area contributed by atoms with Crippen molar-refractivity contribution in [1.29, 1.82) is 5.26 Å². The zero-order valence-corrected chi connectivity index (χ0v) is 17.0. The number of hydrogen-bond acceptors (Lipinski definition) is 4. The van der Waals surface area contributed by atoms with Crippen LogP contribution < -0.4 is 10.2 Å². The van der Waals surface area contributed by atoms with Gasteiger partial charge in [0.15, 0.2) is 0 Å². The summed E-state index contributed by atoms with van der Waals surface area (Å²) >= 11 is 0. The first kappa shape index (κ1) is 21.1. The van der Waals surface area contributed by atoms with E-state index in [-0.39, 0.29) is 31.1 Å². The zero-order chi connectivity index (χ0) is 21.3. The zero-order valence-electron chi connectivity index (χ0n) is 17.0. The summed E-state index contributed by atoms with van der Waals surface area (Å²) in [5.41, 5.74) is 2.71. The Labute approximate surface area is 175 Å². The standard InChI is InChI=1S/C23H25N5O2/c1-18-26-20-10-5-6-11-21(20)27(18)17-15-25-22(29)12-13-23(30)28(16-7-14-24)19-8-3-2-4-9-19/h2-6,8-11H,7,12-13,15-17H2,1H3,(H,25,29). The van der Waals surface area contributed by atoms with E-state index >= 15 is 0 Å². The molecule has 154 valence electrons. The number of amides is 2. The highest BCUT2D eigenvalue weighted by Gasteiger charge is 2.16. The maximum absolute atomic E-state index is 12.6. The third-order valence-electron chi connectivity index (χ3n) is 4.89. The van der Waals surface area contributed by atoms with E-state index in [1.807, 2.05) is 61.5 Å². The van der Waals surface area contributed by atoms with Crippen LogP contribution in [0.4, 0.5) is 5.69 Å². The highest BCUT2D eigenvalue weighted by atomic mass is 16.2. The predicted molar refractivity (Wildman–Crippen MR) is 116 cm³/mol. The summed E-state index contributed by atoms with van der Waals surface area (Å²) in [4.78, 5) is 31.0. The Morgan fingerprint density at radius 3 is 2.60 bits per heavy atom. The van der Waals surface area contributed by atoms with Crippen molar-refractivity contribution in [3.05, 3.63) is 60.4 Å². The van der Waals surface area contributed by atoms with Gasteiger partial charge >= 0.3 is 0 Å². The lowest BCUT2D eigenvalue weighted by Crippen LogP contribution is -2.33. The number of rotatable bonds is 9. The van der Waals surface area contributed by atoms with E-state index in [4.69, 9.17) is 5.26 Å². The van der Waals surface area contributed by atoms with E-state index in [1.54, 1.807) is 4.90 Å². The van der Waals surface area contributed by atoms with Crippen LogP contribution >= 0.6 is 0 Å². The van der Waals surface area contributed by atoms with Crippen molar-refractivity contribution in [3.63, 3.8) is 0 Å². The average molecular weight is 403 g/mol. The molecule has 1 heterocycles. The Kier molecular flexibility index (Phi) is 7.17. The van der Waals surface area contributed by atoms with Gasteiger partial charge in [-0.15, -0.1) is 0 Å². The molecule has 1 N–H and O–H groups in total. The minimum atomic E-state index is -0.168. The Morgan fingerprint density at radius 1 is 1.10 bits per heavy atom. The van der Waals surface area contributed by atoms with Crippen molar-refractivity contribution < 1.29 is 9.59 Å². The number of para-hydroxylation sites is 3. The van der Waals surface area contributed by atoms with Gasteiger partial charge in [0.2, 0.25) is 11.8 Å². The van der Waals surface area contributed by atoms with Gasteiger partial charge in [0.05, 0.1) is 23.5 Å². The molecule has 2 amide bonds. The average Bonchev–Trinajstić information content (AvgIpc) is 3.08. The number of aromatic nitrogens is 2. The normalized spacial score (nSPS) is 10.5. The SMILES string of the molecule is Cc1nc2ccccc2n1CCNC(=O)CCC(=O)N(CCC#N)c1ccccc1. The molecule has 0 atom stereocenters. The fourth-order valence-electron chi connectivity index (χ4n) is 3.40. The quantitative estimate of drug-likeness (QED) is 0.594. The first-order valence-corrected chi connectivity index (χ1v) is 10.0. The van der Waals surface area contributed by atoms with E-state index in [0.29, 0.717) is 19.6 Å². The summed E-state index contributed by atoms with van der Waals surface area (Å²) in [6.07, 6.45) is 0.447. The topological polar surface area (TPSA) is 91.0 Å². The van der Waals surface area contributed by atoms with Crippen LogP contribution in [0.3, 0.4) is 0 Å². The minimum Gasteiger partial charge on any atom is -0.354 e. The Balaban J connectivity index is 1.50. The van der Waals surface area contributed by atoms with Crippen molar-refractivity contribution in [2.75, 3.05) is 18.0 Å². The summed E-state index contributed by atoms with van der Waals surface area (Å²) < 4.78 is 2.07. The van der Waals surface area contributed by atoms with Crippen LogP contribution in [0, 0.1) is 18.3 Å². The van der Waals surface area contributed by atoms with Gasteiger partial charge in [0.25, 0.3) is 0 Å². The third-order valence-corrected chi connectivity index (χ3v) is 4.89. The first-order valence-electron chi connectivity index (χ1n) is 10.0. The number of hydrogen-bond donors (Lipinski definition) is 1. The molecule has 0 fully saturated rings. The number of anilines is 1. The molecule has 3 rings (SSSR count). The van der Waals surface area contributed by atoms with E-state index in [2.05, 4.69) is 20.9 Å². The van der Waals surface area contributed by atoms with E-state index in [0.717, 1.165) is 22.5 Å². The molecule has 30 heavy (non-hydrogen) atoms. The molecular formula is C23H25N5O2. The lowest BCUT2D eigenvalue weighted by molar-refractivity contribution is -0.125. The number of carbonyl (C=O) groups is 2. The van der Waals surface area contributed by atoms with Gasteiger partial charge < -0.3 is 14.8 Å². The summed E-state index contributed by atoms with van der Waals surface area (Å²) in [5.74, 6) is 0.568. The molecule has 0 aliphatic carbocycles. The Morgan fingerprint density at radius 2 is 1.83 bits per heavy atom. The molecule has 0 spiro atoms. The summed E-state index contributed by atoms with van der Waals surface area (Å²) in [6.45, 7) is 3.34. The van der Waals surface area contributed by atoms with Crippen LogP contribution in [0.5, 0.6) is 0 Å². The Bertz CT molecular complexity index is 1050. The summed E-state index contributed by atoms with van der Waals surface area (Å²) in [6, 6.07) is 19.2. The van der Waals surface area contributed by atoms with Crippen molar-refractivity contribution in [2.45, 2.75) is 32.7 Å². The number of nitrogens with one attached hydrogen (secondary N) is 1. The van der Waals surface area contributed by atoms with Crippen LogP contribution in [0.2, 0.25) is 0 Å². The van der Waals surface area contributed by atoms with Gasteiger partial charge in [-0.1, -0.05) is 30.3 Å². The highest BCUT2D eigenvalue weighted by Crippen LogP contribution is 2.16. The van der Waals surface area contributed by atoms with Gasteiger partial charge in [0, 0.05) is 38.2 Å². The van der Waals surface area contributed by atoms with Crippen LogP contribution in [0.1, 0.15) is 25.1 Å². The molecule has 1 aromatic heterocycles. The van der Waals surface area contributed by atoms with Crippen LogP contribution in [-0.2, 0) is 16.1 Å². The second kappa shape index (κ2) is 10.2. The third kappa shape index (κ3) is 5.23. The number of nitriles is 1. The van der Waals surface area contributed by atoms with E-state index in [1.165, 1.54) is 0 Å². The van der Waals surface area contributed by atoms with Crippen molar-refractivity contribution in [3.8, 4) is 6.07 Å². The number of benzene rings is 2. The number of carbonyl (C=O) groups excluding carboxylic acids is 2. The first-order chi connectivity index (χ1) is 14.6. The molecular weight excluding hydrogens is 378 g/mol. The summed E-state index contributed by atoms with van der Waals surface area (Å²) in [7, 11) is 0. The number of nitrogens with zero attached hydrogens (tertiary/aromatic N) is 4. The largest absolute Gasteiger partial charge is 0.354 e. The summed E-state index contributed by atoms with van der Waals surface area (Å²) in [5, 5.41) is 11.7. The van der Waals surface area contributed by atoms with Gasteiger partial charge in [-0.2, -0.15) is 5.26 Å². The van der Waals surface area contributed by atoms with E-state index < -0.39 is 0 Å². The fraction of sp³-hybridized carbons (Fsp3) is 0.304. The smallest absolute Gasteiger partial charge is 0.227 e. The Hall–Kier alpha value is -3.66. The molecule has 2 aromatic carbocycles. The molecule has 0 unspecified atom stereocenters. The second-order valence-electron chi connectivity index (χ2n) is 6.94. The minimum absolute atomic E-state index is 0.0964. The molecule has 0 saturated heterocycles.